The normalized spacial score (nSPS) is 13.5. The van der Waals surface area contributed by atoms with Crippen LogP contribution in [0, 0.1) is 6.92 Å². The van der Waals surface area contributed by atoms with Gasteiger partial charge in [0.2, 0.25) is 0 Å². The maximum Gasteiger partial charge on any atom is 0.111 e. The largest absolute Gasteiger partial charge is 0.297 e. The van der Waals surface area contributed by atoms with E-state index >= 15 is 0 Å². The average molecular weight is 477 g/mol. The molecular formula is C35H28N2. The molecule has 1 aliphatic carbocycles. The Hall–Kier alpha value is -4.43. The maximum absolute atomic E-state index is 4.73. The molecule has 1 aromatic heterocycles. The third kappa shape index (κ3) is 3.37. The summed E-state index contributed by atoms with van der Waals surface area (Å²) >= 11 is 0. The van der Waals surface area contributed by atoms with Gasteiger partial charge in [0.15, 0.2) is 0 Å². The third-order valence-corrected chi connectivity index (χ3v) is 7.97. The Kier molecular flexibility index (Phi) is 4.74. The minimum atomic E-state index is -0.0573. The molecule has 0 atom stereocenters. The van der Waals surface area contributed by atoms with Crippen LogP contribution in [0.3, 0.4) is 0 Å². The minimum Gasteiger partial charge on any atom is -0.297 e. The molecule has 0 N–H and O–H groups in total. The van der Waals surface area contributed by atoms with E-state index in [0.29, 0.717) is 0 Å². The van der Waals surface area contributed by atoms with E-state index in [1.807, 2.05) is 6.07 Å². The molecule has 1 heterocycles. The standard InChI is InChI=1S/C35H28N2/c1-23-36-33-11-7-8-12-34(33)37(23)28-17-13-25(14-18-28)27-16-20-30-29-19-15-26(24-9-5-4-6-10-24)21-31(29)35(2,3)32(30)22-27/h4-22H,1-3H3. The zero-order valence-corrected chi connectivity index (χ0v) is 21.4. The van der Waals surface area contributed by atoms with Gasteiger partial charge in [-0.3, -0.25) is 4.57 Å². The van der Waals surface area contributed by atoms with E-state index in [1.54, 1.807) is 0 Å². The summed E-state index contributed by atoms with van der Waals surface area (Å²) in [5, 5.41) is 0. The van der Waals surface area contributed by atoms with Crippen LogP contribution in [0.15, 0.2) is 115 Å². The van der Waals surface area contributed by atoms with E-state index < -0.39 is 0 Å². The number of rotatable bonds is 3. The predicted octanol–water partition coefficient (Wildman–Crippen LogP) is 8.97. The van der Waals surface area contributed by atoms with Crippen LogP contribution in [-0.4, -0.2) is 9.55 Å². The van der Waals surface area contributed by atoms with Crippen molar-refractivity contribution in [3.63, 3.8) is 0 Å². The van der Waals surface area contributed by atoms with Gasteiger partial charge in [0, 0.05) is 11.1 Å². The molecule has 0 unspecified atom stereocenters. The molecule has 7 rings (SSSR count). The fourth-order valence-corrected chi connectivity index (χ4v) is 6.00. The lowest BCUT2D eigenvalue weighted by atomic mass is 9.81. The molecule has 37 heavy (non-hydrogen) atoms. The Bertz CT molecular complexity index is 1790. The predicted molar refractivity (Wildman–Crippen MR) is 154 cm³/mol. The third-order valence-electron chi connectivity index (χ3n) is 7.97. The summed E-state index contributed by atoms with van der Waals surface area (Å²) in [7, 11) is 0. The highest BCUT2D eigenvalue weighted by molar-refractivity contribution is 5.86. The van der Waals surface area contributed by atoms with Crippen molar-refractivity contribution < 1.29 is 0 Å². The van der Waals surface area contributed by atoms with Gasteiger partial charge in [0.05, 0.1) is 11.0 Å². The lowest BCUT2D eigenvalue weighted by molar-refractivity contribution is 0.661. The van der Waals surface area contributed by atoms with Crippen LogP contribution in [0.5, 0.6) is 0 Å². The van der Waals surface area contributed by atoms with Crippen LogP contribution in [0.4, 0.5) is 0 Å². The Labute approximate surface area is 217 Å². The van der Waals surface area contributed by atoms with Gasteiger partial charge in [-0.2, -0.15) is 0 Å². The number of benzene rings is 5. The Morgan fingerprint density at radius 3 is 1.76 bits per heavy atom. The van der Waals surface area contributed by atoms with Crippen molar-refractivity contribution in [3.05, 3.63) is 132 Å². The summed E-state index contributed by atoms with van der Waals surface area (Å²) in [6, 6.07) is 41.8. The van der Waals surface area contributed by atoms with Crippen LogP contribution in [-0.2, 0) is 5.41 Å². The van der Waals surface area contributed by atoms with Crippen molar-refractivity contribution in [2.45, 2.75) is 26.2 Å². The molecule has 0 amide bonds. The maximum atomic E-state index is 4.73. The number of hydrogen-bond acceptors (Lipinski definition) is 1. The summed E-state index contributed by atoms with van der Waals surface area (Å²) in [4.78, 5) is 4.73. The molecule has 5 aromatic carbocycles. The molecule has 0 fully saturated rings. The van der Waals surface area contributed by atoms with Crippen molar-refractivity contribution in [1.29, 1.82) is 0 Å². The molecule has 0 aliphatic heterocycles. The van der Waals surface area contributed by atoms with Crippen LogP contribution in [0.2, 0.25) is 0 Å². The monoisotopic (exact) mass is 476 g/mol. The van der Waals surface area contributed by atoms with Gasteiger partial charge in [-0.15, -0.1) is 0 Å². The molecule has 178 valence electrons. The van der Waals surface area contributed by atoms with E-state index in [2.05, 4.69) is 135 Å². The number of imidazole rings is 1. The van der Waals surface area contributed by atoms with Crippen LogP contribution < -0.4 is 0 Å². The zero-order valence-electron chi connectivity index (χ0n) is 21.4. The smallest absolute Gasteiger partial charge is 0.111 e. The molecule has 6 aromatic rings. The van der Waals surface area contributed by atoms with Gasteiger partial charge in [0.25, 0.3) is 0 Å². The highest BCUT2D eigenvalue weighted by atomic mass is 15.1. The molecule has 0 saturated carbocycles. The molecule has 1 aliphatic rings. The summed E-state index contributed by atoms with van der Waals surface area (Å²) in [6.07, 6.45) is 0. The van der Waals surface area contributed by atoms with Crippen LogP contribution in [0.1, 0.15) is 30.8 Å². The van der Waals surface area contributed by atoms with Gasteiger partial charge in [-0.05, 0) is 87.8 Å². The van der Waals surface area contributed by atoms with Gasteiger partial charge in [-0.1, -0.05) is 92.7 Å². The van der Waals surface area contributed by atoms with Crippen molar-refractivity contribution in [2.24, 2.45) is 0 Å². The van der Waals surface area contributed by atoms with Crippen molar-refractivity contribution >= 4 is 11.0 Å². The lowest BCUT2D eigenvalue weighted by Crippen LogP contribution is -2.15. The number of aromatic nitrogens is 2. The SMILES string of the molecule is Cc1nc2ccccc2n1-c1ccc(-c2ccc3c(c2)C(C)(C)c2cc(-c4ccccc4)ccc2-3)cc1. The number of fused-ring (bicyclic) bond motifs is 4. The van der Waals surface area contributed by atoms with Crippen molar-refractivity contribution in [2.75, 3.05) is 0 Å². The molecule has 0 spiro atoms. The van der Waals surface area contributed by atoms with E-state index in [9.17, 15) is 0 Å². The summed E-state index contributed by atoms with van der Waals surface area (Å²) < 4.78 is 2.23. The summed E-state index contributed by atoms with van der Waals surface area (Å²) in [5.41, 5.74) is 13.8. The van der Waals surface area contributed by atoms with Gasteiger partial charge in [-0.25, -0.2) is 4.98 Å². The molecule has 0 bridgehead atoms. The second kappa shape index (κ2) is 8.04. The minimum absolute atomic E-state index is 0.0573. The number of hydrogen-bond donors (Lipinski definition) is 0. The van der Waals surface area contributed by atoms with Crippen LogP contribution >= 0.6 is 0 Å². The molecule has 2 heteroatoms. The molecular weight excluding hydrogens is 448 g/mol. The molecule has 2 nitrogen and oxygen atoms in total. The molecule has 0 radical (unpaired) electrons. The highest BCUT2D eigenvalue weighted by Gasteiger charge is 2.35. The van der Waals surface area contributed by atoms with Gasteiger partial charge in [0.1, 0.15) is 5.82 Å². The van der Waals surface area contributed by atoms with Gasteiger partial charge >= 0.3 is 0 Å². The number of para-hydroxylation sites is 2. The Morgan fingerprint density at radius 2 is 1.11 bits per heavy atom. The van der Waals surface area contributed by atoms with E-state index in [-0.39, 0.29) is 5.41 Å². The fraction of sp³-hybridized carbons (Fsp3) is 0.114. The quantitative estimate of drug-likeness (QED) is 0.249. The fourth-order valence-electron chi connectivity index (χ4n) is 6.00. The van der Waals surface area contributed by atoms with E-state index in [0.717, 1.165) is 22.5 Å². The number of aryl methyl sites for hydroxylation is 1. The lowest BCUT2D eigenvalue weighted by Gasteiger charge is -2.22. The number of nitrogens with zero attached hydrogens (tertiary/aromatic N) is 2. The topological polar surface area (TPSA) is 17.8 Å². The Balaban J connectivity index is 1.26. The Morgan fingerprint density at radius 1 is 0.568 bits per heavy atom. The average Bonchev–Trinajstić information content (AvgIpc) is 3.39. The first-order valence-corrected chi connectivity index (χ1v) is 12.9. The highest BCUT2D eigenvalue weighted by Crippen LogP contribution is 2.50. The summed E-state index contributed by atoms with van der Waals surface area (Å²) in [6.45, 7) is 6.77. The van der Waals surface area contributed by atoms with Crippen molar-refractivity contribution in [1.82, 2.24) is 9.55 Å². The zero-order chi connectivity index (χ0) is 25.1. The first kappa shape index (κ1) is 21.8. The second-order valence-electron chi connectivity index (χ2n) is 10.5. The summed E-state index contributed by atoms with van der Waals surface area (Å²) in [5.74, 6) is 1.00. The van der Waals surface area contributed by atoms with E-state index in [1.165, 1.54) is 44.5 Å². The van der Waals surface area contributed by atoms with Gasteiger partial charge < -0.3 is 0 Å². The van der Waals surface area contributed by atoms with Crippen LogP contribution in [0.25, 0.3) is 50.1 Å². The first-order valence-electron chi connectivity index (χ1n) is 12.9. The first-order chi connectivity index (χ1) is 18.0. The van der Waals surface area contributed by atoms with E-state index in [4.69, 9.17) is 4.98 Å². The second-order valence-corrected chi connectivity index (χ2v) is 10.5. The van der Waals surface area contributed by atoms with Crippen molar-refractivity contribution in [3.8, 4) is 39.1 Å². The molecule has 0 saturated heterocycles.